The molecule has 1 saturated carbocycles. The molecular weight excluding hydrogens is 902 g/mol. The van der Waals surface area contributed by atoms with Crippen LogP contribution in [0.5, 0.6) is 5.75 Å². The molecule has 2 fully saturated rings. The van der Waals surface area contributed by atoms with E-state index in [2.05, 4.69) is 60.0 Å². The Morgan fingerprint density at radius 2 is 1.68 bits per heavy atom. The van der Waals surface area contributed by atoms with Crippen molar-refractivity contribution in [2.45, 2.75) is 124 Å². The molecule has 5 N–H and O–H groups in total. The topological polar surface area (TPSA) is 195 Å². The highest BCUT2D eigenvalue weighted by Gasteiger charge is 2.64. The molecule has 2 aliphatic rings. The smallest absolute Gasteiger partial charge is 0.251 e. The van der Waals surface area contributed by atoms with E-state index in [1.165, 1.54) is 4.90 Å². The maximum absolute atomic E-state index is 14.1. The van der Waals surface area contributed by atoms with Gasteiger partial charge in [-0.25, -0.2) is 4.98 Å². The summed E-state index contributed by atoms with van der Waals surface area (Å²) in [6.45, 7) is 18.5. The third-order valence-electron chi connectivity index (χ3n) is 13.2. The number of anilines is 1. The molecule has 16 heteroatoms. The van der Waals surface area contributed by atoms with Gasteiger partial charge in [-0.2, -0.15) is 5.26 Å². The number of unbranched alkanes of at least 4 members (excludes halogenated alkanes) is 2. The van der Waals surface area contributed by atoms with Crippen LogP contribution < -0.4 is 26.0 Å². The Morgan fingerprint density at radius 3 is 2.29 bits per heavy atom. The van der Waals surface area contributed by atoms with Crippen LogP contribution in [0.4, 0.5) is 5.69 Å². The molecular formula is C52H66ClN7O7S. The molecule has 1 saturated heterocycles. The Bertz CT molecular complexity index is 2450. The summed E-state index contributed by atoms with van der Waals surface area (Å²) in [4.78, 5) is 61.0. The summed E-state index contributed by atoms with van der Waals surface area (Å²) in [6.07, 6.45) is 1.46. The van der Waals surface area contributed by atoms with Crippen LogP contribution in [0.15, 0.2) is 72.2 Å². The molecule has 4 aromatic rings. The molecule has 14 nitrogen and oxygen atoms in total. The molecule has 4 atom stereocenters. The van der Waals surface area contributed by atoms with E-state index in [1.54, 1.807) is 41.7 Å². The number of β-amino-alcohol motifs (C(OH)–C–C–N with tert-alkyl or cyclic N) is 1. The standard InChI is InChI=1S/C52H66ClN7O7S/c1-31(33-13-15-34(16-14-33)43-32(2)56-30-68-43)57-46(64)41-25-38(61)28-60(41)47(65)44(50(3,4)5)58-42(62)29-66-24-12-10-11-23-55-37-20-17-35(18-21-37)45(63)59-48-51(6,7)49(52(48,8)9)67-39-22-19-36(27-54)40(53)26-39/h13-22,26,30-31,38,41,44,48-49,55,61H,10-12,23-25,28-29H2,1-9H3,(H,57,64)(H,58,62)(H,59,63)/t31-,38-,41+,44-,48-,49-/m1/s1. The number of hydrogen-bond donors (Lipinski definition) is 5. The van der Waals surface area contributed by atoms with Crippen LogP contribution in [0.25, 0.3) is 10.4 Å². The number of benzene rings is 3. The summed E-state index contributed by atoms with van der Waals surface area (Å²) >= 11 is 7.81. The van der Waals surface area contributed by atoms with Gasteiger partial charge in [0.2, 0.25) is 17.7 Å². The van der Waals surface area contributed by atoms with Crippen molar-refractivity contribution < 1.29 is 33.8 Å². The number of carbonyl (C=O) groups excluding carboxylic acids is 4. The minimum absolute atomic E-state index is 0.0135. The van der Waals surface area contributed by atoms with Gasteiger partial charge < -0.3 is 40.7 Å². The zero-order chi connectivity index (χ0) is 49.6. The van der Waals surface area contributed by atoms with Crippen LogP contribution in [0, 0.1) is 34.5 Å². The summed E-state index contributed by atoms with van der Waals surface area (Å²) in [7, 11) is 0. The van der Waals surface area contributed by atoms with Crippen molar-refractivity contribution >= 4 is 52.3 Å². The van der Waals surface area contributed by atoms with Crippen LogP contribution in [0.2, 0.25) is 5.02 Å². The van der Waals surface area contributed by atoms with Crippen LogP contribution in [0.3, 0.4) is 0 Å². The number of aryl methyl sites for hydroxylation is 1. The third kappa shape index (κ3) is 12.2. The van der Waals surface area contributed by atoms with E-state index in [0.717, 1.165) is 46.6 Å². The average molecular weight is 969 g/mol. The quantitative estimate of drug-likeness (QED) is 0.0572. The van der Waals surface area contributed by atoms with E-state index in [1.807, 2.05) is 76.5 Å². The van der Waals surface area contributed by atoms with E-state index in [4.69, 9.17) is 21.1 Å². The van der Waals surface area contributed by atoms with Crippen LogP contribution in [-0.2, 0) is 19.1 Å². The number of hydrogen-bond acceptors (Lipinski definition) is 11. The first-order valence-corrected chi connectivity index (χ1v) is 24.5. The second kappa shape index (κ2) is 21.8. The second-order valence-electron chi connectivity index (χ2n) is 20.3. The summed E-state index contributed by atoms with van der Waals surface area (Å²) in [5.41, 5.74) is 5.11. The Morgan fingerprint density at radius 1 is 0.985 bits per heavy atom. The van der Waals surface area contributed by atoms with E-state index in [0.29, 0.717) is 35.1 Å². The maximum Gasteiger partial charge on any atom is 0.251 e. The fourth-order valence-corrected chi connectivity index (χ4v) is 10.7. The van der Waals surface area contributed by atoms with Crippen molar-refractivity contribution in [2.24, 2.45) is 16.2 Å². The molecule has 0 unspecified atom stereocenters. The Kier molecular flexibility index (Phi) is 16.6. The molecule has 1 aromatic heterocycles. The Hall–Kier alpha value is -5.53. The summed E-state index contributed by atoms with van der Waals surface area (Å²) < 4.78 is 12.1. The Balaban J connectivity index is 0.887. The number of nitriles is 1. The molecule has 1 aliphatic heterocycles. The van der Waals surface area contributed by atoms with Crippen molar-refractivity contribution in [1.29, 1.82) is 5.26 Å². The number of nitrogens with zero attached hydrogens (tertiary/aromatic N) is 3. The molecule has 0 spiro atoms. The van der Waals surface area contributed by atoms with Gasteiger partial charge in [-0.3, -0.25) is 19.2 Å². The minimum atomic E-state index is -0.952. The lowest BCUT2D eigenvalue weighted by Gasteiger charge is -2.63. The van der Waals surface area contributed by atoms with Gasteiger partial charge in [0.15, 0.2) is 0 Å². The fourth-order valence-electron chi connectivity index (χ4n) is 9.67. The summed E-state index contributed by atoms with van der Waals surface area (Å²) in [6, 6.07) is 20.1. The lowest BCUT2D eigenvalue weighted by Crippen LogP contribution is -2.74. The van der Waals surface area contributed by atoms with Crippen LogP contribution in [-0.4, -0.2) is 95.3 Å². The molecule has 3 aromatic carbocycles. The molecule has 364 valence electrons. The number of thiazole rings is 1. The fraction of sp³-hybridized carbons (Fsp3) is 0.500. The number of aliphatic hydroxyl groups is 1. The van der Waals surface area contributed by atoms with Gasteiger partial charge in [0.05, 0.1) is 38.8 Å². The molecule has 68 heavy (non-hydrogen) atoms. The lowest BCUT2D eigenvalue weighted by atomic mass is 9.49. The average Bonchev–Trinajstić information content (AvgIpc) is 3.91. The highest BCUT2D eigenvalue weighted by molar-refractivity contribution is 7.13. The van der Waals surface area contributed by atoms with E-state index in [9.17, 15) is 29.5 Å². The zero-order valence-electron chi connectivity index (χ0n) is 40.6. The first-order valence-electron chi connectivity index (χ1n) is 23.3. The van der Waals surface area contributed by atoms with Gasteiger partial charge in [-0.05, 0) is 86.1 Å². The van der Waals surface area contributed by atoms with Crippen LogP contribution >= 0.6 is 22.9 Å². The van der Waals surface area contributed by atoms with Gasteiger partial charge >= 0.3 is 0 Å². The number of carbonyl (C=O) groups is 4. The lowest BCUT2D eigenvalue weighted by molar-refractivity contribution is -0.164. The van der Waals surface area contributed by atoms with Gasteiger partial charge in [0.1, 0.15) is 36.6 Å². The van der Waals surface area contributed by atoms with E-state index >= 15 is 0 Å². The summed E-state index contributed by atoms with van der Waals surface area (Å²) in [5.74, 6) is -0.820. The van der Waals surface area contributed by atoms with E-state index in [-0.39, 0.29) is 60.4 Å². The first kappa shape index (κ1) is 51.9. The maximum atomic E-state index is 14.1. The van der Waals surface area contributed by atoms with Crippen LogP contribution in [0.1, 0.15) is 114 Å². The number of likely N-dealkylation sites (tertiary alicyclic amines) is 1. The molecule has 4 amide bonds. The van der Waals surface area contributed by atoms with E-state index < -0.39 is 35.4 Å². The number of amides is 4. The van der Waals surface area contributed by atoms with Crippen molar-refractivity contribution in [3.8, 4) is 22.3 Å². The monoisotopic (exact) mass is 967 g/mol. The van der Waals surface area contributed by atoms with Crippen molar-refractivity contribution in [1.82, 2.24) is 25.8 Å². The second-order valence-corrected chi connectivity index (χ2v) is 21.6. The molecule has 0 bridgehead atoms. The highest BCUT2D eigenvalue weighted by atomic mass is 35.5. The number of ether oxygens (including phenoxy) is 2. The third-order valence-corrected chi connectivity index (χ3v) is 14.5. The van der Waals surface area contributed by atoms with Crippen molar-refractivity contribution in [3.63, 3.8) is 0 Å². The predicted octanol–water partition coefficient (Wildman–Crippen LogP) is 8.22. The molecule has 6 rings (SSSR count). The SMILES string of the molecule is Cc1ncsc1-c1ccc([C@@H](C)NC(=O)[C@@H]2C[C@@H](O)CN2C(=O)[C@@H](NC(=O)COCCCCCNc2ccc(C(=O)N[C@H]3C(C)(C)[C@H](Oc4ccc(C#N)c(Cl)c4)C3(C)C)cc2)C(C)(C)C)cc1. The number of halogens is 1. The normalized spacial score (nSPS) is 20.3. The minimum Gasteiger partial charge on any atom is -0.489 e. The first-order chi connectivity index (χ1) is 32.1. The van der Waals surface area contributed by atoms with Gasteiger partial charge in [0.25, 0.3) is 5.91 Å². The number of nitrogens with one attached hydrogen (secondary N) is 4. The van der Waals surface area contributed by atoms with Gasteiger partial charge in [0, 0.05) is 60.3 Å². The predicted molar refractivity (Wildman–Crippen MR) is 265 cm³/mol. The molecule has 0 radical (unpaired) electrons. The van der Waals surface area contributed by atoms with Gasteiger partial charge in [-0.15, -0.1) is 11.3 Å². The number of aliphatic hydroxyl groups excluding tert-OH is 1. The number of rotatable bonds is 19. The summed E-state index contributed by atoms with van der Waals surface area (Å²) in [5, 5.41) is 32.7. The largest absolute Gasteiger partial charge is 0.489 e. The van der Waals surface area contributed by atoms with Gasteiger partial charge in [-0.1, -0.05) is 84.3 Å². The molecule has 1 aliphatic carbocycles. The van der Waals surface area contributed by atoms with Crippen molar-refractivity contribution in [3.05, 3.63) is 99.6 Å². The zero-order valence-corrected chi connectivity index (χ0v) is 42.1. The van der Waals surface area contributed by atoms with Crippen molar-refractivity contribution in [2.75, 3.05) is 31.6 Å². The number of aromatic nitrogens is 1. The molecule has 2 heterocycles. The highest BCUT2D eigenvalue weighted by Crippen LogP contribution is 2.55. The Labute approximate surface area is 409 Å².